The van der Waals surface area contributed by atoms with Crippen molar-refractivity contribution in [2.45, 2.75) is 40.0 Å². The van der Waals surface area contributed by atoms with Crippen LogP contribution in [0.2, 0.25) is 0 Å². The Morgan fingerprint density at radius 2 is 1.89 bits per heavy atom. The van der Waals surface area contributed by atoms with Crippen LogP contribution in [-0.2, 0) is 4.74 Å². The minimum atomic E-state index is -0.242. The number of benzene rings is 1. The molecule has 0 bridgehead atoms. The molecular formula is C17H22O2. The van der Waals surface area contributed by atoms with Gasteiger partial charge in [-0.05, 0) is 43.2 Å². The predicted molar refractivity (Wildman–Crippen MR) is 77.3 cm³/mol. The zero-order valence-corrected chi connectivity index (χ0v) is 12.4. The van der Waals surface area contributed by atoms with E-state index in [1.807, 2.05) is 18.2 Å². The lowest BCUT2D eigenvalue weighted by atomic mass is 9.73. The van der Waals surface area contributed by atoms with Crippen LogP contribution in [0.3, 0.4) is 0 Å². The molecule has 0 saturated carbocycles. The molecule has 0 aliphatic heterocycles. The van der Waals surface area contributed by atoms with E-state index >= 15 is 0 Å². The molecule has 2 heteroatoms. The summed E-state index contributed by atoms with van der Waals surface area (Å²) in [4.78, 5) is 11.9. The van der Waals surface area contributed by atoms with Crippen molar-refractivity contribution in [1.82, 2.24) is 0 Å². The van der Waals surface area contributed by atoms with E-state index in [0.29, 0.717) is 11.5 Å². The van der Waals surface area contributed by atoms with Crippen LogP contribution in [0.4, 0.5) is 0 Å². The molecule has 1 aliphatic rings. The average molecular weight is 258 g/mol. The number of hydrogen-bond donors (Lipinski definition) is 0. The Hall–Kier alpha value is -1.57. The predicted octanol–water partition coefficient (Wildman–Crippen LogP) is 4.32. The Balaban J connectivity index is 2.48. The van der Waals surface area contributed by atoms with Crippen molar-refractivity contribution < 1.29 is 9.53 Å². The van der Waals surface area contributed by atoms with Gasteiger partial charge < -0.3 is 4.74 Å². The van der Waals surface area contributed by atoms with E-state index in [9.17, 15) is 4.79 Å². The van der Waals surface area contributed by atoms with Gasteiger partial charge in [0.1, 0.15) is 0 Å². The lowest BCUT2D eigenvalue weighted by Gasteiger charge is -2.31. The number of ether oxygens (including phenoxy) is 1. The van der Waals surface area contributed by atoms with Crippen LogP contribution in [0.1, 0.15) is 56.0 Å². The quantitative estimate of drug-likeness (QED) is 0.583. The molecule has 102 valence electrons. The molecule has 1 aromatic carbocycles. The Morgan fingerprint density at radius 1 is 1.26 bits per heavy atom. The molecule has 0 radical (unpaired) electrons. The molecule has 2 rings (SSSR count). The highest BCUT2D eigenvalue weighted by Crippen LogP contribution is 2.52. The first kappa shape index (κ1) is 13.9. The van der Waals surface area contributed by atoms with Gasteiger partial charge >= 0.3 is 5.97 Å². The second-order valence-corrected chi connectivity index (χ2v) is 5.96. The van der Waals surface area contributed by atoms with Crippen molar-refractivity contribution in [3.8, 4) is 0 Å². The first-order chi connectivity index (χ1) is 8.89. The van der Waals surface area contributed by atoms with Crippen molar-refractivity contribution in [1.29, 1.82) is 0 Å². The van der Waals surface area contributed by atoms with Gasteiger partial charge in [0.05, 0.1) is 12.7 Å². The van der Waals surface area contributed by atoms with Crippen LogP contribution < -0.4 is 0 Å². The smallest absolute Gasteiger partial charge is 0.338 e. The van der Waals surface area contributed by atoms with Crippen LogP contribution in [0.25, 0.3) is 0 Å². The summed E-state index contributed by atoms with van der Waals surface area (Å²) in [6.45, 7) is 8.92. The van der Waals surface area contributed by atoms with Gasteiger partial charge in [0.15, 0.2) is 0 Å². The van der Waals surface area contributed by atoms with Gasteiger partial charge in [0.2, 0.25) is 0 Å². The second-order valence-electron chi connectivity index (χ2n) is 5.96. The number of rotatable bonds is 2. The SMILES string of the molecule is COC(=O)c1ccccc1C1CC(C)=C(C)C1(C)C. The maximum absolute atomic E-state index is 11.9. The summed E-state index contributed by atoms with van der Waals surface area (Å²) in [5, 5.41) is 0. The molecule has 1 aromatic rings. The second kappa shape index (κ2) is 4.84. The van der Waals surface area contributed by atoms with E-state index in [1.54, 1.807) is 0 Å². The molecule has 0 N–H and O–H groups in total. The minimum absolute atomic E-state index is 0.0915. The summed E-state index contributed by atoms with van der Waals surface area (Å²) < 4.78 is 4.91. The van der Waals surface area contributed by atoms with Gasteiger partial charge in [0.25, 0.3) is 0 Å². The maximum Gasteiger partial charge on any atom is 0.338 e. The summed E-state index contributed by atoms with van der Waals surface area (Å²) in [6, 6.07) is 7.82. The monoisotopic (exact) mass is 258 g/mol. The van der Waals surface area contributed by atoms with E-state index in [2.05, 4.69) is 33.8 Å². The molecule has 1 aliphatic carbocycles. The summed E-state index contributed by atoms with van der Waals surface area (Å²) in [5.41, 5.74) is 4.78. The molecule has 1 atom stereocenters. The van der Waals surface area contributed by atoms with E-state index in [-0.39, 0.29) is 11.4 Å². The third-order valence-electron chi connectivity index (χ3n) is 4.73. The lowest BCUT2D eigenvalue weighted by Crippen LogP contribution is -2.21. The summed E-state index contributed by atoms with van der Waals surface area (Å²) in [7, 11) is 1.44. The van der Waals surface area contributed by atoms with Crippen molar-refractivity contribution in [3.63, 3.8) is 0 Å². The molecule has 0 saturated heterocycles. The zero-order chi connectivity index (χ0) is 14.2. The van der Waals surface area contributed by atoms with Crippen molar-refractivity contribution in [2.75, 3.05) is 7.11 Å². The fraction of sp³-hybridized carbons (Fsp3) is 0.471. The zero-order valence-electron chi connectivity index (χ0n) is 12.4. The van der Waals surface area contributed by atoms with Crippen LogP contribution in [0, 0.1) is 5.41 Å². The van der Waals surface area contributed by atoms with Crippen LogP contribution >= 0.6 is 0 Å². The molecule has 2 nitrogen and oxygen atoms in total. The largest absolute Gasteiger partial charge is 0.465 e. The number of carbonyl (C=O) groups is 1. The van der Waals surface area contributed by atoms with Crippen LogP contribution in [0.5, 0.6) is 0 Å². The minimum Gasteiger partial charge on any atom is -0.465 e. The number of allylic oxidation sites excluding steroid dienone is 2. The summed E-state index contributed by atoms with van der Waals surface area (Å²) in [6.07, 6.45) is 1.02. The normalized spacial score (nSPS) is 21.6. The summed E-state index contributed by atoms with van der Waals surface area (Å²) in [5.74, 6) is 0.108. The topological polar surface area (TPSA) is 26.3 Å². The average Bonchev–Trinajstić information content (AvgIpc) is 2.61. The van der Waals surface area contributed by atoms with Gasteiger partial charge in [-0.25, -0.2) is 4.79 Å². The highest BCUT2D eigenvalue weighted by molar-refractivity contribution is 5.91. The third-order valence-corrected chi connectivity index (χ3v) is 4.73. The van der Waals surface area contributed by atoms with Gasteiger partial charge in [-0.1, -0.05) is 43.2 Å². The molecule has 0 heterocycles. The molecule has 0 amide bonds. The molecule has 19 heavy (non-hydrogen) atoms. The van der Waals surface area contributed by atoms with Crippen LogP contribution in [0.15, 0.2) is 35.4 Å². The van der Waals surface area contributed by atoms with Crippen LogP contribution in [-0.4, -0.2) is 13.1 Å². The first-order valence-corrected chi connectivity index (χ1v) is 6.73. The van der Waals surface area contributed by atoms with Gasteiger partial charge in [0, 0.05) is 0 Å². The van der Waals surface area contributed by atoms with Gasteiger partial charge in [-0.3, -0.25) is 0 Å². The fourth-order valence-electron chi connectivity index (χ4n) is 3.12. The van der Waals surface area contributed by atoms with Gasteiger partial charge in [-0.15, -0.1) is 0 Å². The number of carbonyl (C=O) groups excluding carboxylic acids is 1. The van der Waals surface area contributed by atoms with Crippen molar-refractivity contribution >= 4 is 5.97 Å². The Labute approximate surface area is 115 Å². The first-order valence-electron chi connectivity index (χ1n) is 6.73. The number of methoxy groups -OCH3 is 1. The third kappa shape index (κ3) is 2.20. The van der Waals surface area contributed by atoms with Crippen molar-refractivity contribution in [2.24, 2.45) is 5.41 Å². The lowest BCUT2D eigenvalue weighted by molar-refractivity contribution is 0.0598. The Kier molecular flexibility index (Phi) is 3.53. The van der Waals surface area contributed by atoms with E-state index in [0.717, 1.165) is 12.0 Å². The fourth-order valence-corrected chi connectivity index (χ4v) is 3.12. The Bertz CT molecular complexity index is 538. The maximum atomic E-state index is 11.9. The molecule has 0 fully saturated rings. The van der Waals surface area contributed by atoms with Crippen molar-refractivity contribution in [3.05, 3.63) is 46.5 Å². The Morgan fingerprint density at radius 3 is 2.42 bits per heavy atom. The molecule has 0 aromatic heterocycles. The highest BCUT2D eigenvalue weighted by Gasteiger charge is 2.40. The van der Waals surface area contributed by atoms with E-state index in [1.165, 1.54) is 18.3 Å². The molecule has 1 unspecified atom stereocenters. The summed E-state index contributed by atoms with van der Waals surface area (Å²) >= 11 is 0. The van der Waals surface area contributed by atoms with E-state index < -0.39 is 0 Å². The molecular weight excluding hydrogens is 236 g/mol. The van der Waals surface area contributed by atoms with E-state index in [4.69, 9.17) is 4.74 Å². The van der Waals surface area contributed by atoms with Gasteiger partial charge in [-0.2, -0.15) is 0 Å². The molecule has 0 spiro atoms. The number of hydrogen-bond acceptors (Lipinski definition) is 2. The number of esters is 1. The highest BCUT2D eigenvalue weighted by atomic mass is 16.5. The standard InChI is InChI=1S/C17H22O2/c1-11-10-15(17(3,4)12(11)2)13-8-6-7-9-14(13)16(18)19-5/h6-9,15H,10H2,1-5H3.